The minimum absolute atomic E-state index is 0.143. The van der Waals surface area contributed by atoms with Gasteiger partial charge in [0.25, 0.3) is 0 Å². The summed E-state index contributed by atoms with van der Waals surface area (Å²) >= 11 is 6.04. The number of nitrogens with zero attached hydrogens (tertiary/aromatic N) is 3. The average Bonchev–Trinajstić information content (AvgIpc) is 2.56. The number of carbonyl (C=O) groups excluding carboxylic acids is 1. The fraction of sp³-hybridized carbons (Fsp3) is 0.294. The average molecular weight is 316 g/mol. The maximum atomic E-state index is 12.3. The van der Waals surface area contributed by atoms with Gasteiger partial charge in [0, 0.05) is 48.8 Å². The molecule has 0 spiro atoms. The summed E-state index contributed by atoms with van der Waals surface area (Å²) in [6, 6.07) is 13.5. The van der Waals surface area contributed by atoms with Gasteiger partial charge in [-0.2, -0.15) is 0 Å². The van der Waals surface area contributed by atoms with Crippen LogP contribution >= 0.6 is 11.6 Å². The molecule has 1 saturated heterocycles. The lowest BCUT2D eigenvalue weighted by molar-refractivity contribution is -0.130. The molecule has 4 nitrogen and oxygen atoms in total. The first-order valence-electron chi connectivity index (χ1n) is 7.40. The zero-order valence-corrected chi connectivity index (χ0v) is 13.0. The number of piperazine rings is 1. The number of hydrogen-bond acceptors (Lipinski definition) is 3. The van der Waals surface area contributed by atoms with E-state index in [4.69, 9.17) is 11.6 Å². The van der Waals surface area contributed by atoms with Gasteiger partial charge in [0.05, 0.1) is 6.42 Å². The van der Waals surface area contributed by atoms with Gasteiger partial charge >= 0.3 is 0 Å². The molecule has 0 aliphatic carbocycles. The van der Waals surface area contributed by atoms with Gasteiger partial charge in [0.1, 0.15) is 0 Å². The second-order valence-electron chi connectivity index (χ2n) is 5.35. The quantitative estimate of drug-likeness (QED) is 0.873. The van der Waals surface area contributed by atoms with E-state index in [-0.39, 0.29) is 5.91 Å². The number of anilines is 1. The highest BCUT2D eigenvalue weighted by Gasteiger charge is 2.21. The van der Waals surface area contributed by atoms with Crippen molar-refractivity contribution in [2.75, 3.05) is 31.1 Å². The molecule has 22 heavy (non-hydrogen) atoms. The lowest BCUT2D eigenvalue weighted by Crippen LogP contribution is -2.49. The molecule has 1 amide bonds. The molecule has 0 bridgehead atoms. The number of hydrogen-bond donors (Lipinski definition) is 0. The standard InChI is InChI=1S/C17H18ClN3O/c18-14-4-3-6-16(12-14)20-8-10-21(11-9-20)17(22)13-15-5-1-2-7-19-15/h1-7,12H,8-11,13H2. The number of pyridine rings is 1. The molecule has 0 N–H and O–H groups in total. The van der Waals surface area contributed by atoms with E-state index in [0.717, 1.165) is 42.6 Å². The second-order valence-corrected chi connectivity index (χ2v) is 5.78. The predicted octanol–water partition coefficient (Wildman–Crippen LogP) is 2.63. The van der Waals surface area contributed by atoms with Crippen molar-refractivity contribution in [1.29, 1.82) is 0 Å². The molecule has 1 aromatic carbocycles. The Morgan fingerprint density at radius 1 is 1.09 bits per heavy atom. The summed E-state index contributed by atoms with van der Waals surface area (Å²) in [7, 11) is 0. The van der Waals surface area contributed by atoms with Gasteiger partial charge in [0.2, 0.25) is 5.91 Å². The predicted molar refractivity (Wildman–Crippen MR) is 88.2 cm³/mol. The van der Waals surface area contributed by atoms with Crippen LogP contribution in [-0.4, -0.2) is 42.0 Å². The SMILES string of the molecule is O=C(Cc1ccccn1)N1CCN(c2cccc(Cl)c2)CC1. The Hall–Kier alpha value is -2.07. The van der Waals surface area contributed by atoms with Gasteiger partial charge in [-0.3, -0.25) is 9.78 Å². The van der Waals surface area contributed by atoms with Gasteiger partial charge in [-0.05, 0) is 30.3 Å². The Balaban J connectivity index is 1.56. The molecule has 2 heterocycles. The Labute approximate surface area is 135 Å². The van der Waals surface area contributed by atoms with Gasteiger partial charge in [-0.15, -0.1) is 0 Å². The van der Waals surface area contributed by atoms with Crippen LogP contribution in [0.25, 0.3) is 0 Å². The third kappa shape index (κ3) is 3.57. The monoisotopic (exact) mass is 315 g/mol. The minimum Gasteiger partial charge on any atom is -0.368 e. The number of benzene rings is 1. The fourth-order valence-electron chi connectivity index (χ4n) is 2.66. The van der Waals surface area contributed by atoms with E-state index >= 15 is 0 Å². The van der Waals surface area contributed by atoms with Gasteiger partial charge < -0.3 is 9.80 Å². The highest BCUT2D eigenvalue weighted by Crippen LogP contribution is 2.20. The molecule has 0 unspecified atom stereocenters. The first kappa shape index (κ1) is 14.9. The van der Waals surface area contributed by atoms with E-state index in [0.29, 0.717) is 6.42 Å². The van der Waals surface area contributed by atoms with Crippen LogP contribution in [0.1, 0.15) is 5.69 Å². The second kappa shape index (κ2) is 6.79. The molecule has 3 rings (SSSR count). The molecule has 1 fully saturated rings. The van der Waals surface area contributed by atoms with Crippen LogP contribution in [0.15, 0.2) is 48.7 Å². The van der Waals surface area contributed by atoms with Crippen LogP contribution in [0.4, 0.5) is 5.69 Å². The van der Waals surface area contributed by atoms with Crippen molar-refractivity contribution in [2.24, 2.45) is 0 Å². The van der Waals surface area contributed by atoms with E-state index in [9.17, 15) is 4.79 Å². The summed E-state index contributed by atoms with van der Waals surface area (Å²) in [4.78, 5) is 20.7. The van der Waals surface area contributed by atoms with E-state index in [1.807, 2.05) is 41.3 Å². The van der Waals surface area contributed by atoms with Crippen molar-refractivity contribution in [2.45, 2.75) is 6.42 Å². The minimum atomic E-state index is 0.143. The summed E-state index contributed by atoms with van der Waals surface area (Å²) in [5.74, 6) is 0.143. The summed E-state index contributed by atoms with van der Waals surface area (Å²) in [5.41, 5.74) is 1.94. The zero-order valence-electron chi connectivity index (χ0n) is 12.3. The van der Waals surface area contributed by atoms with Crippen molar-refractivity contribution in [3.63, 3.8) is 0 Å². The van der Waals surface area contributed by atoms with E-state index in [1.165, 1.54) is 0 Å². The number of rotatable bonds is 3. The molecule has 0 saturated carbocycles. The fourth-order valence-corrected chi connectivity index (χ4v) is 2.84. The van der Waals surface area contributed by atoms with Gasteiger partial charge in [-0.1, -0.05) is 23.7 Å². The van der Waals surface area contributed by atoms with Crippen LogP contribution in [-0.2, 0) is 11.2 Å². The number of amides is 1. The van der Waals surface area contributed by atoms with Gasteiger partial charge in [-0.25, -0.2) is 0 Å². The number of aromatic nitrogens is 1. The first-order valence-corrected chi connectivity index (χ1v) is 7.78. The molecule has 2 aromatic rings. The molecular formula is C17H18ClN3O. The maximum Gasteiger partial charge on any atom is 0.228 e. The molecule has 0 atom stereocenters. The topological polar surface area (TPSA) is 36.4 Å². The van der Waals surface area contributed by atoms with Crippen LogP contribution < -0.4 is 4.90 Å². The molecular weight excluding hydrogens is 298 g/mol. The molecule has 0 radical (unpaired) electrons. The Morgan fingerprint density at radius 2 is 1.91 bits per heavy atom. The normalized spacial score (nSPS) is 15.0. The molecule has 1 aliphatic rings. The third-order valence-corrected chi connectivity index (χ3v) is 4.10. The van der Waals surface area contributed by atoms with Crippen LogP contribution in [0, 0.1) is 0 Å². The zero-order chi connectivity index (χ0) is 15.4. The Morgan fingerprint density at radius 3 is 2.59 bits per heavy atom. The lowest BCUT2D eigenvalue weighted by atomic mass is 10.2. The summed E-state index contributed by atoms with van der Waals surface area (Å²) in [6.45, 7) is 3.12. The smallest absolute Gasteiger partial charge is 0.228 e. The van der Waals surface area contributed by atoms with Crippen molar-refractivity contribution >= 4 is 23.2 Å². The van der Waals surface area contributed by atoms with E-state index < -0.39 is 0 Å². The van der Waals surface area contributed by atoms with Gasteiger partial charge in [0.15, 0.2) is 0 Å². The highest BCUT2D eigenvalue weighted by atomic mass is 35.5. The van der Waals surface area contributed by atoms with Crippen molar-refractivity contribution in [1.82, 2.24) is 9.88 Å². The molecule has 114 valence electrons. The molecule has 1 aliphatic heterocycles. The van der Waals surface area contributed by atoms with E-state index in [2.05, 4.69) is 16.0 Å². The first-order chi connectivity index (χ1) is 10.7. The number of halogens is 1. The Bertz CT molecular complexity index is 639. The van der Waals surface area contributed by atoms with Crippen LogP contribution in [0.2, 0.25) is 5.02 Å². The number of carbonyl (C=O) groups is 1. The van der Waals surface area contributed by atoms with Crippen molar-refractivity contribution < 1.29 is 4.79 Å². The largest absolute Gasteiger partial charge is 0.368 e. The van der Waals surface area contributed by atoms with Crippen molar-refractivity contribution in [3.8, 4) is 0 Å². The highest BCUT2D eigenvalue weighted by molar-refractivity contribution is 6.30. The van der Waals surface area contributed by atoms with E-state index in [1.54, 1.807) is 6.20 Å². The maximum absolute atomic E-state index is 12.3. The molecule has 5 heteroatoms. The third-order valence-electron chi connectivity index (χ3n) is 3.86. The summed E-state index contributed by atoms with van der Waals surface area (Å²) in [6.07, 6.45) is 2.09. The Kier molecular flexibility index (Phi) is 4.59. The molecule has 1 aromatic heterocycles. The summed E-state index contributed by atoms with van der Waals surface area (Å²) < 4.78 is 0. The van der Waals surface area contributed by atoms with Crippen LogP contribution in [0.5, 0.6) is 0 Å². The lowest BCUT2D eigenvalue weighted by Gasteiger charge is -2.36. The van der Waals surface area contributed by atoms with Crippen LogP contribution in [0.3, 0.4) is 0 Å². The van der Waals surface area contributed by atoms with Crippen molar-refractivity contribution in [3.05, 3.63) is 59.4 Å². The summed E-state index contributed by atoms with van der Waals surface area (Å²) in [5, 5.41) is 0.742.